The van der Waals surface area contributed by atoms with Gasteiger partial charge in [-0.25, -0.2) is 4.98 Å². The maximum Gasteiger partial charge on any atom is 0.271 e. The first-order valence-corrected chi connectivity index (χ1v) is 6.93. The van der Waals surface area contributed by atoms with Gasteiger partial charge in [0.2, 0.25) is 0 Å². The van der Waals surface area contributed by atoms with E-state index in [1.807, 2.05) is 6.92 Å². The summed E-state index contributed by atoms with van der Waals surface area (Å²) >= 11 is 7.59. The predicted octanol–water partition coefficient (Wildman–Crippen LogP) is 2.93. The van der Waals surface area contributed by atoms with Crippen LogP contribution in [0.1, 0.15) is 25.8 Å². The van der Waals surface area contributed by atoms with Crippen LogP contribution >= 0.6 is 22.9 Å². The van der Waals surface area contributed by atoms with Crippen LogP contribution in [0.2, 0.25) is 5.02 Å². The van der Waals surface area contributed by atoms with E-state index in [0.29, 0.717) is 11.6 Å². The van der Waals surface area contributed by atoms with Gasteiger partial charge in [0.1, 0.15) is 11.5 Å². The Hall–Kier alpha value is -1.59. The zero-order chi connectivity index (χ0) is 14.0. The monoisotopic (exact) mass is 295 g/mol. The third-order valence-corrected chi connectivity index (χ3v) is 4.18. The number of rotatable bonds is 3. The number of hydrogen-bond donors (Lipinski definition) is 2. The third-order valence-electron chi connectivity index (χ3n) is 2.72. The molecule has 2 aromatic rings. The zero-order valence-electron chi connectivity index (χ0n) is 10.7. The lowest BCUT2D eigenvalue weighted by Crippen LogP contribution is -2.24. The minimum Gasteiger partial charge on any atom is -0.384 e. The van der Waals surface area contributed by atoms with Gasteiger partial charge in [-0.3, -0.25) is 4.79 Å². The Balaban J connectivity index is 2.07. The van der Waals surface area contributed by atoms with Crippen LogP contribution < -0.4 is 11.1 Å². The minimum absolute atomic E-state index is 0.159. The molecule has 0 spiro atoms. The van der Waals surface area contributed by atoms with Gasteiger partial charge < -0.3 is 11.1 Å². The van der Waals surface area contributed by atoms with E-state index in [1.54, 1.807) is 23.5 Å². The molecule has 0 unspecified atom stereocenters. The molecule has 0 aromatic carbocycles. The first-order valence-electron chi connectivity index (χ1n) is 5.73. The minimum atomic E-state index is -0.319. The fourth-order valence-corrected chi connectivity index (χ4v) is 2.79. The molecule has 0 aliphatic carbocycles. The second kappa shape index (κ2) is 5.59. The van der Waals surface area contributed by atoms with Crippen molar-refractivity contribution in [3.63, 3.8) is 0 Å². The van der Waals surface area contributed by atoms with Crippen molar-refractivity contribution < 1.29 is 4.79 Å². The molecule has 3 N–H and O–H groups in total. The molecule has 2 aromatic heterocycles. The zero-order valence-corrected chi connectivity index (χ0v) is 12.2. The summed E-state index contributed by atoms with van der Waals surface area (Å²) in [6.07, 6.45) is 0. The van der Waals surface area contributed by atoms with E-state index in [0.717, 1.165) is 4.88 Å². The van der Waals surface area contributed by atoms with Crippen molar-refractivity contribution in [3.05, 3.63) is 44.2 Å². The van der Waals surface area contributed by atoms with Gasteiger partial charge in [-0.1, -0.05) is 11.6 Å². The fourth-order valence-electron chi connectivity index (χ4n) is 1.60. The summed E-state index contributed by atoms with van der Waals surface area (Å²) in [5, 5.41) is 3.09. The number of thiophene rings is 1. The largest absolute Gasteiger partial charge is 0.384 e. The molecular weight excluding hydrogens is 282 g/mol. The molecule has 19 heavy (non-hydrogen) atoms. The Labute approximate surface area is 120 Å². The van der Waals surface area contributed by atoms with Crippen molar-refractivity contribution in [2.24, 2.45) is 0 Å². The number of amides is 1. The van der Waals surface area contributed by atoms with E-state index >= 15 is 0 Å². The highest BCUT2D eigenvalue weighted by molar-refractivity contribution is 7.12. The van der Waals surface area contributed by atoms with E-state index in [1.165, 1.54) is 10.4 Å². The molecular formula is C13H14ClN3OS. The van der Waals surface area contributed by atoms with Gasteiger partial charge in [0, 0.05) is 9.75 Å². The molecule has 1 amide bonds. The van der Waals surface area contributed by atoms with E-state index < -0.39 is 0 Å². The summed E-state index contributed by atoms with van der Waals surface area (Å²) in [5.74, 6) is -0.0432. The van der Waals surface area contributed by atoms with Crippen molar-refractivity contribution in [1.82, 2.24) is 10.3 Å². The maximum absolute atomic E-state index is 12.0. The quantitative estimate of drug-likeness (QED) is 0.915. The molecule has 4 nitrogen and oxygen atoms in total. The number of pyridine rings is 1. The van der Waals surface area contributed by atoms with Crippen LogP contribution in [0, 0.1) is 13.8 Å². The Morgan fingerprint density at radius 3 is 2.84 bits per heavy atom. The topological polar surface area (TPSA) is 68.0 Å². The third kappa shape index (κ3) is 3.24. The van der Waals surface area contributed by atoms with Crippen molar-refractivity contribution in [3.8, 4) is 0 Å². The van der Waals surface area contributed by atoms with Crippen molar-refractivity contribution in [1.29, 1.82) is 0 Å². The highest BCUT2D eigenvalue weighted by Gasteiger charge is 2.13. The number of hydrogen-bond acceptors (Lipinski definition) is 4. The Morgan fingerprint density at radius 1 is 1.47 bits per heavy atom. The molecule has 0 bridgehead atoms. The number of nitrogens with zero attached hydrogens (tertiary/aromatic N) is 1. The fraction of sp³-hybridized carbons (Fsp3) is 0.231. The summed E-state index contributed by atoms with van der Waals surface area (Å²) in [6, 6.07) is 5.19. The van der Waals surface area contributed by atoms with Crippen LogP contribution in [0.15, 0.2) is 18.2 Å². The smallest absolute Gasteiger partial charge is 0.271 e. The van der Waals surface area contributed by atoms with E-state index in [2.05, 4.69) is 23.3 Å². The summed E-state index contributed by atoms with van der Waals surface area (Å²) in [5.41, 5.74) is 6.94. The van der Waals surface area contributed by atoms with Crippen molar-refractivity contribution in [2.45, 2.75) is 20.4 Å². The first-order chi connectivity index (χ1) is 8.97. The van der Waals surface area contributed by atoms with Crippen LogP contribution in [0.5, 0.6) is 0 Å². The number of aryl methyl sites for hydroxylation is 2. The number of nitrogens with two attached hydrogens (primary N) is 1. The second-order valence-electron chi connectivity index (χ2n) is 4.20. The predicted molar refractivity (Wildman–Crippen MR) is 78.6 cm³/mol. The number of nitrogen functional groups attached to an aromatic ring is 1. The number of anilines is 1. The van der Waals surface area contributed by atoms with Crippen LogP contribution in [0.3, 0.4) is 0 Å². The van der Waals surface area contributed by atoms with Crippen LogP contribution in [0.4, 0.5) is 5.82 Å². The number of nitrogens with one attached hydrogen (secondary N) is 1. The number of carbonyl (C=O) groups excluding carboxylic acids is 1. The SMILES string of the molecule is Cc1cc(CNC(=O)c2nc(N)ccc2Cl)sc1C. The van der Waals surface area contributed by atoms with Gasteiger partial charge >= 0.3 is 0 Å². The molecule has 0 radical (unpaired) electrons. The lowest BCUT2D eigenvalue weighted by Gasteiger charge is -2.05. The molecule has 0 saturated heterocycles. The number of halogens is 1. The Bertz CT molecular complexity index is 605. The lowest BCUT2D eigenvalue weighted by molar-refractivity contribution is 0.0946. The normalized spacial score (nSPS) is 10.5. The maximum atomic E-state index is 12.0. The highest BCUT2D eigenvalue weighted by Crippen LogP contribution is 2.20. The van der Waals surface area contributed by atoms with Gasteiger partial charge in [-0.2, -0.15) is 0 Å². The summed E-state index contributed by atoms with van der Waals surface area (Å²) in [7, 11) is 0. The van der Waals surface area contributed by atoms with Crippen LogP contribution in [-0.2, 0) is 6.54 Å². The lowest BCUT2D eigenvalue weighted by atomic mass is 10.3. The van der Waals surface area contributed by atoms with E-state index in [4.69, 9.17) is 17.3 Å². The summed E-state index contributed by atoms with van der Waals surface area (Å²) < 4.78 is 0. The van der Waals surface area contributed by atoms with Crippen molar-refractivity contribution >= 4 is 34.7 Å². The second-order valence-corrected chi connectivity index (χ2v) is 5.95. The highest BCUT2D eigenvalue weighted by atomic mass is 35.5. The standard InChI is InChI=1S/C13H14ClN3OS/c1-7-5-9(19-8(7)2)6-16-13(18)12-10(14)3-4-11(15)17-12/h3-5H,6H2,1-2H3,(H2,15,17)(H,16,18). The van der Waals surface area contributed by atoms with E-state index in [-0.39, 0.29) is 17.4 Å². The molecule has 0 aliphatic heterocycles. The Kier molecular flexibility index (Phi) is 4.07. The number of carbonyl (C=O) groups is 1. The molecule has 0 fully saturated rings. The summed E-state index contributed by atoms with van der Waals surface area (Å²) in [6.45, 7) is 4.57. The molecule has 100 valence electrons. The van der Waals surface area contributed by atoms with Crippen molar-refractivity contribution in [2.75, 3.05) is 5.73 Å². The van der Waals surface area contributed by atoms with Gasteiger partial charge in [-0.05, 0) is 37.6 Å². The van der Waals surface area contributed by atoms with Gasteiger partial charge in [0.25, 0.3) is 5.91 Å². The molecule has 2 rings (SSSR count). The summed E-state index contributed by atoms with van der Waals surface area (Å²) in [4.78, 5) is 18.3. The molecule has 0 aliphatic rings. The first kappa shape index (κ1) is 13.8. The van der Waals surface area contributed by atoms with E-state index in [9.17, 15) is 4.79 Å². The molecule has 0 atom stereocenters. The average Bonchev–Trinajstić information content (AvgIpc) is 2.69. The average molecular weight is 296 g/mol. The molecule has 2 heterocycles. The molecule has 0 saturated carbocycles. The molecule has 6 heteroatoms. The van der Waals surface area contributed by atoms with Gasteiger partial charge in [-0.15, -0.1) is 11.3 Å². The van der Waals surface area contributed by atoms with Gasteiger partial charge in [0.05, 0.1) is 11.6 Å². The number of aromatic nitrogens is 1. The van der Waals surface area contributed by atoms with Crippen LogP contribution in [0.25, 0.3) is 0 Å². The van der Waals surface area contributed by atoms with Crippen LogP contribution in [-0.4, -0.2) is 10.9 Å². The Morgan fingerprint density at radius 2 is 2.21 bits per heavy atom. The van der Waals surface area contributed by atoms with Gasteiger partial charge in [0.15, 0.2) is 0 Å².